The van der Waals surface area contributed by atoms with Crippen LogP contribution >= 0.6 is 0 Å². The van der Waals surface area contributed by atoms with Crippen LogP contribution in [0, 0.1) is 0 Å². The maximum absolute atomic E-state index is 12.5. The van der Waals surface area contributed by atoms with E-state index in [9.17, 15) is 9.59 Å². The van der Waals surface area contributed by atoms with E-state index in [1.54, 1.807) is 6.07 Å². The Balaban J connectivity index is 1.55. The molecule has 3 heterocycles. The molecular weight excluding hydrogens is 310 g/mol. The number of amides is 1. The van der Waals surface area contributed by atoms with Crippen molar-refractivity contribution < 1.29 is 13.9 Å². The van der Waals surface area contributed by atoms with Gasteiger partial charge in [0.15, 0.2) is 0 Å². The van der Waals surface area contributed by atoms with Crippen molar-refractivity contribution in [2.45, 2.75) is 25.5 Å². The molecule has 0 spiro atoms. The Hall–Kier alpha value is -2.67. The van der Waals surface area contributed by atoms with Gasteiger partial charge in [0.2, 0.25) is 11.5 Å². The average Bonchev–Trinajstić information content (AvgIpc) is 3.23. The summed E-state index contributed by atoms with van der Waals surface area (Å²) in [5, 5.41) is 3.58. The normalized spacial score (nSPS) is 17.6. The molecule has 124 valence electrons. The van der Waals surface area contributed by atoms with E-state index in [2.05, 4.69) is 10.3 Å². The van der Waals surface area contributed by atoms with Crippen molar-refractivity contribution in [2.24, 2.45) is 0 Å². The number of furan rings is 1. The van der Waals surface area contributed by atoms with Crippen molar-refractivity contribution in [1.82, 2.24) is 14.9 Å². The van der Waals surface area contributed by atoms with Gasteiger partial charge in [-0.1, -0.05) is 12.1 Å². The number of benzene rings is 1. The molecule has 24 heavy (non-hydrogen) atoms. The third-order valence-electron chi connectivity index (χ3n) is 4.22. The first kappa shape index (κ1) is 14.9. The molecule has 0 unspecified atom stereocenters. The number of nitrogens with zero attached hydrogens (tertiary/aromatic N) is 2. The van der Waals surface area contributed by atoms with Gasteiger partial charge in [0.1, 0.15) is 17.6 Å². The lowest BCUT2D eigenvalue weighted by molar-refractivity contribution is -0.122. The van der Waals surface area contributed by atoms with E-state index in [0.717, 1.165) is 24.8 Å². The predicted octanol–water partition coefficient (Wildman–Crippen LogP) is 1.44. The molecule has 0 bridgehead atoms. The lowest BCUT2D eigenvalue weighted by Crippen LogP contribution is -2.36. The van der Waals surface area contributed by atoms with Crippen molar-refractivity contribution in [3.05, 3.63) is 40.9 Å². The molecule has 1 atom stereocenters. The van der Waals surface area contributed by atoms with Crippen LogP contribution in [0.15, 0.2) is 39.8 Å². The molecule has 0 radical (unpaired) electrons. The van der Waals surface area contributed by atoms with E-state index >= 15 is 0 Å². The van der Waals surface area contributed by atoms with E-state index in [4.69, 9.17) is 9.15 Å². The number of nitrogens with one attached hydrogen (secondary N) is 1. The van der Waals surface area contributed by atoms with Gasteiger partial charge in [0.05, 0.1) is 12.4 Å². The summed E-state index contributed by atoms with van der Waals surface area (Å²) in [6.07, 6.45) is 3.43. The molecule has 1 N–H and O–H groups in total. The number of rotatable bonds is 4. The van der Waals surface area contributed by atoms with Crippen LogP contribution in [-0.4, -0.2) is 34.7 Å². The maximum Gasteiger partial charge on any atom is 0.297 e. The smallest absolute Gasteiger partial charge is 0.297 e. The van der Waals surface area contributed by atoms with E-state index in [1.165, 1.54) is 10.9 Å². The fourth-order valence-electron chi connectivity index (χ4n) is 2.97. The topological polar surface area (TPSA) is 86.4 Å². The molecule has 4 rings (SSSR count). The maximum atomic E-state index is 12.5. The van der Waals surface area contributed by atoms with Crippen molar-refractivity contribution in [3.63, 3.8) is 0 Å². The van der Waals surface area contributed by atoms with Gasteiger partial charge in [-0.3, -0.25) is 14.2 Å². The van der Waals surface area contributed by atoms with Crippen LogP contribution < -0.4 is 10.9 Å². The zero-order valence-corrected chi connectivity index (χ0v) is 13.0. The van der Waals surface area contributed by atoms with Crippen molar-refractivity contribution >= 4 is 28.0 Å². The van der Waals surface area contributed by atoms with E-state index < -0.39 is 0 Å². The first-order chi connectivity index (χ1) is 11.7. The highest BCUT2D eigenvalue weighted by Gasteiger charge is 2.17. The van der Waals surface area contributed by atoms with Gasteiger partial charge >= 0.3 is 0 Å². The van der Waals surface area contributed by atoms with Crippen LogP contribution in [-0.2, 0) is 16.1 Å². The van der Waals surface area contributed by atoms with Crippen molar-refractivity contribution in [2.75, 3.05) is 13.2 Å². The summed E-state index contributed by atoms with van der Waals surface area (Å²) in [4.78, 5) is 28.8. The minimum Gasteiger partial charge on any atom is -0.448 e. The van der Waals surface area contributed by atoms with Crippen LogP contribution in [0.1, 0.15) is 12.8 Å². The number of fused-ring (bicyclic) bond motifs is 3. The second kappa shape index (κ2) is 6.09. The Kier molecular flexibility index (Phi) is 3.78. The van der Waals surface area contributed by atoms with Crippen molar-refractivity contribution in [3.8, 4) is 0 Å². The van der Waals surface area contributed by atoms with Gasteiger partial charge in [-0.25, -0.2) is 4.98 Å². The summed E-state index contributed by atoms with van der Waals surface area (Å²) in [7, 11) is 0. The summed E-state index contributed by atoms with van der Waals surface area (Å²) in [5.74, 6) is -0.245. The van der Waals surface area contributed by atoms with Gasteiger partial charge in [-0.2, -0.15) is 0 Å². The Labute approximate surface area is 137 Å². The lowest BCUT2D eigenvalue weighted by atomic mass is 10.2. The summed E-state index contributed by atoms with van der Waals surface area (Å²) in [6, 6.07) is 7.34. The second-order valence-corrected chi connectivity index (χ2v) is 5.89. The van der Waals surface area contributed by atoms with Gasteiger partial charge in [0.25, 0.3) is 5.56 Å². The fraction of sp³-hybridized carbons (Fsp3) is 0.353. The van der Waals surface area contributed by atoms with Crippen LogP contribution in [0.5, 0.6) is 0 Å². The molecular formula is C17H17N3O4. The second-order valence-electron chi connectivity index (χ2n) is 5.89. The molecule has 1 fully saturated rings. The third-order valence-corrected chi connectivity index (χ3v) is 4.22. The average molecular weight is 327 g/mol. The Bertz CT molecular complexity index is 953. The minimum absolute atomic E-state index is 0.0710. The quantitative estimate of drug-likeness (QED) is 0.783. The van der Waals surface area contributed by atoms with Gasteiger partial charge in [-0.15, -0.1) is 0 Å². The first-order valence-corrected chi connectivity index (χ1v) is 7.97. The molecule has 1 aromatic carbocycles. The molecule has 3 aromatic rings. The Morgan fingerprint density at radius 1 is 1.38 bits per heavy atom. The summed E-state index contributed by atoms with van der Waals surface area (Å²) >= 11 is 0. The Morgan fingerprint density at radius 2 is 2.25 bits per heavy atom. The van der Waals surface area contributed by atoms with Gasteiger partial charge < -0.3 is 14.5 Å². The van der Waals surface area contributed by atoms with Gasteiger partial charge in [0, 0.05) is 18.5 Å². The third kappa shape index (κ3) is 2.67. The highest BCUT2D eigenvalue weighted by Crippen LogP contribution is 2.23. The molecule has 1 saturated heterocycles. The molecule has 1 aliphatic rings. The zero-order valence-electron chi connectivity index (χ0n) is 13.0. The zero-order chi connectivity index (χ0) is 16.5. The van der Waals surface area contributed by atoms with Crippen LogP contribution in [0.4, 0.5) is 0 Å². The number of carbonyl (C=O) groups excluding carboxylic acids is 1. The van der Waals surface area contributed by atoms with Crippen molar-refractivity contribution in [1.29, 1.82) is 0 Å². The molecule has 1 amide bonds. The first-order valence-electron chi connectivity index (χ1n) is 7.97. The number of carbonyl (C=O) groups is 1. The number of para-hydroxylation sites is 1. The molecule has 0 saturated carbocycles. The standard InChI is InChI=1S/C17H17N3O4/c21-14(18-8-11-4-3-7-23-11)9-20-10-19-15-12-5-1-2-6-13(12)24-16(15)17(20)22/h1-2,5-6,10-11H,3-4,7-9H2,(H,18,21)/t11-/m1/s1. The molecule has 7 nitrogen and oxygen atoms in total. The molecule has 1 aliphatic heterocycles. The highest BCUT2D eigenvalue weighted by molar-refractivity contribution is 6.01. The summed E-state index contributed by atoms with van der Waals surface area (Å²) in [5.41, 5.74) is 0.943. The van der Waals surface area contributed by atoms with Crippen LogP contribution in [0.25, 0.3) is 22.1 Å². The SMILES string of the molecule is O=C(Cn1cnc2c(oc3ccccc32)c1=O)NC[C@H]1CCCO1. The number of hydrogen-bond donors (Lipinski definition) is 1. The number of hydrogen-bond acceptors (Lipinski definition) is 5. The lowest BCUT2D eigenvalue weighted by Gasteiger charge is -2.11. The van der Waals surface area contributed by atoms with Crippen LogP contribution in [0.2, 0.25) is 0 Å². The predicted molar refractivity (Wildman–Crippen MR) is 87.8 cm³/mol. The Morgan fingerprint density at radius 3 is 3.08 bits per heavy atom. The van der Waals surface area contributed by atoms with E-state index in [1.807, 2.05) is 18.2 Å². The molecule has 7 heteroatoms. The van der Waals surface area contributed by atoms with Gasteiger partial charge in [-0.05, 0) is 25.0 Å². The number of ether oxygens (including phenoxy) is 1. The number of aromatic nitrogens is 2. The fourth-order valence-corrected chi connectivity index (χ4v) is 2.97. The van der Waals surface area contributed by atoms with E-state index in [0.29, 0.717) is 17.6 Å². The van der Waals surface area contributed by atoms with Crippen LogP contribution in [0.3, 0.4) is 0 Å². The molecule has 2 aromatic heterocycles. The molecule has 0 aliphatic carbocycles. The highest BCUT2D eigenvalue weighted by atomic mass is 16.5. The summed E-state index contributed by atoms with van der Waals surface area (Å²) in [6.45, 7) is 1.12. The monoisotopic (exact) mass is 327 g/mol. The largest absolute Gasteiger partial charge is 0.448 e. The van der Waals surface area contributed by atoms with E-state index in [-0.39, 0.29) is 29.7 Å². The summed E-state index contributed by atoms with van der Waals surface area (Å²) < 4.78 is 12.3. The minimum atomic E-state index is -0.358.